The molecule has 0 saturated heterocycles. The Hall–Kier alpha value is -2.15. The smallest absolute Gasteiger partial charge is 0.242 e. The third-order valence-corrected chi connectivity index (χ3v) is 4.92. The number of hydrogen-bond acceptors (Lipinski definition) is 5. The quantitative estimate of drug-likeness (QED) is 0.852. The lowest BCUT2D eigenvalue weighted by Gasteiger charge is -2.17. The molecule has 1 aliphatic rings. The van der Waals surface area contributed by atoms with Gasteiger partial charge in [0.25, 0.3) is 0 Å². The second-order valence-electron chi connectivity index (χ2n) is 5.32. The summed E-state index contributed by atoms with van der Waals surface area (Å²) < 4.78 is 29.4. The fourth-order valence-electron chi connectivity index (χ4n) is 2.57. The minimum Gasteiger partial charge on any atom is -0.445 e. The molecule has 1 amide bonds. The van der Waals surface area contributed by atoms with Gasteiger partial charge in [-0.15, -0.1) is 0 Å². The SMILES string of the molecule is Cc1cnc(CS(=O)(=O)CC(=O)N2CCc3ccccc32)o1. The van der Waals surface area contributed by atoms with Crippen molar-refractivity contribution in [2.75, 3.05) is 17.2 Å². The standard InChI is InChI=1S/C15H16N2O4S/c1-11-8-16-14(21-11)9-22(19,20)10-15(18)17-7-6-12-4-2-3-5-13(12)17/h2-5,8H,6-7,9-10H2,1H3. The van der Waals surface area contributed by atoms with E-state index in [2.05, 4.69) is 4.98 Å². The number of anilines is 1. The van der Waals surface area contributed by atoms with Crippen LogP contribution in [0, 0.1) is 6.92 Å². The third kappa shape index (κ3) is 3.04. The Balaban J connectivity index is 1.72. The molecule has 0 bridgehead atoms. The van der Waals surface area contributed by atoms with Gasteiger partial charge in [0.2, 0.25) is 11.8 Å². The summed E-state index contributed by atoms with van der Waals surface area (Å²) in [5, 5.41) is 0. The molecular formula is C15H16N2O4S. The predicted octanol–water partition coefficient (Wildman–Crippen LogP) is 1.49. The zero-order valence-electron chi connectivity index (χ0n) is 12.2. The van der Waals surface area contributed by atoms with E-state index >= 15 is 0 Å². The number of benzene rings is 1. The first-order chi connectivity index (χ1) is 10.4. The highest BCUT2D eigenvalue weighted by molar-refractivity contribution is 7.91. The third-order valence-electron chi connectivity index (χ3n) is 3.54. The number of hydrogen-bond donors (Lipinski definition) is 0. The number of sulfone groups is 1. The number of rotatable bonds is 4. The summed E-state index contributed by atoms with van der Waals surface area (Å²) in [6.07, 6.45) is 2.21. The number of oxazole rings is 1. The van der Waals surface area contributed by atoms with E-state index in [0.29, 0.717) is 12.3 Å². The molecule has 2 aromatic rings. The minimum atomic E-state index is -3.61. The molecule has 0 radical (unpaired) electrons. The molecule has 22 heavy (non-hydrogen) atoms. The van der Waals surface area contributed by atoms with Gasteiger partial charge in [-0.1, -0.05) is 18.2 Å². The summed E-state index contributed by atoms with van der Waals surface area (Å²) in [4.78, 5) is 17.7. The Bertz CT molecular complexity index is 810. The van der Waals surface area contributed by atoms with Crippen LogP contribution in [0.25, 0.3) is 0 Å². The number of amides is 1. The van der Waals surface area contributed by atoms with E-state index in [9.17, 15) is 13.2 Å². The van der Waals surface area contributed by atoms with E-state index in [0.717, 1.165) is 17.7 Å². The lowest BCUT2D eigenvalue weighted by Crippen LogP contribution is -2.34. The van der Waals surface area contributed by atoms with Crippen molar-refractivity contribution in [3.8, 4) is 0 Å². The minimum absolute atomic E-state index is 0.118. The lowest BCUT2D eigenvalue weighted by molar-refractivity contribution is -0.116. The summed E-state index contributed by atoms with van der Waals surface area (Å²) in [6, 6.07) is 7.54. The van der Waals surface area contributed by atoms with E-state index in [1.54, 1.807) is 6.92 Å². The van der Waals surface area contributed by atoms with Gasteiger partial charge < -0.3 is 9.32 Å². The molecule has 6 nitrogen and oxygen atoms in total. The number of nitrogens with zero attached hydrogens (tertiary/aromatic N) is 2. The Morgan fingerprint density at radius 3 is 2.86 bits per heavy atom. The molecule has 2 heterocycles. The van der Waals surface area contributed by atoms with Crippen molar-refractivity contribution in [3.63, 3.8) is 0 Å². The first kappa shape index (κ1) is 14.8. The molecule has 0 N–H and O–H groups in total. The van der Waals surface area contributed by atoms with Gasteiger partial charge in [0.15, 0.2) is 9.84 Å². The molecule has 1 aromatic carbocycles. The van der Waals surface area contributed by atoms with E-state index in [-0.39, 0.29) is 11.6 Å². The van der Waals surface area contributed by atoms with Gasteiger partial charge in [-0.25, -0.2) is 13.4 Å². The number of para-hydroxylation sites is 1. The van der Waals surface area contributed by atoms with E-state index < -0.39 is 21.5 Å². The van der Waals surface area contributed by atoms with Crippen molar-refractivity contribution in [3.05, 3.63) is 47.7 Å². The molecular weight excluding hydrogens is 304 g/mol. The summed E-state index contributed by atoms with van der Waals surface area (Å²) >= 11 is 0. The molecule has 0 unspecified atom stereocenters. The second-order valence-corrected chi connectivity index (χ2v) is 7.39. The Morgan fingerprint density at radius 2 is 2.14 bits per heavy atom. The molecule has 0 spiro atoms. The molecule has 0 saturated carbocycles. The highest BCUT2D eigenvalue weighted by Crippen LogP contribution is 2.27. The van der Waals surface area contributed by atoms with Crippen LogP contribution >= 0.6 is 0 Å². The van der Waals surface area contributed by atoms with Crippen molar-refractivity contribution in [2.24, 2.45) is 0 Å². The highest BCUT2D eigenvalue weighted by Gasteiger charge is 2.28. The second kappa shape index (κ2) is 5.57. The van der Waals surface area contributed by atoms with Crippen molar-refractivity contribution in [1.82, 2.24) is 4.98 Å². The van der Waals surface area contributed by atoms with Crippen molar-refractivity contribution in [2.45, 2.75) is 19.1 Å². The van der Waals surface area contributed by atoms with Gasteiger partial charge in [0, 0.05) is 12.2 Å². The van der Waals surface area contributed by atoms with Gasteiger partial charge in [-0.05, 0) is 25.0 Å². The Morgan fingerprint density at radius 1 is 1.36 bits per heavy atom. The van der Waals surface area contributed by atoms with Crippen LogP contribution in [0.3, 0.4) is 0 Å². The number of aryl methyl sites for hydroxylation is 1. The fraction of sp³-hybridized carbons (Fsp3) is 0.333. The Labute approximate surface area is 128 Å². The normalized spacial score (nSPS) is 14.1. The lowest BCUT2D eigenvalue weighted by atomic mass is 10.2. The fourth-order valence-corrected chi connectivity index (χ4v) is 3.71. The first-order valence-electron chi connectivity index (χ1n) is 6.94. The van der Waals surface area contributed by atoms with Crippen LogP contribution in [0.5, 0.6) is 0 Å². The van der Waals surface area contributed by atoms with Crippen molar-refractivity contribution in [1.29, 1.82) is 0 Å². The topological polar surface area (TPSA) is 80.5 Å². The molecule has 7 heteroatoms. The molecule has 1 aliphatic heterocycles. The maximum Gasteiger partial charge on any atom is 0.242 e. The summed E-state index contributed by atoms with van der Waals surface area (Å²) in [6.45, 7) is 2.21. The van der Waals surface area contributed by atoms with Gasteiger partial charge in [-0.2, -0.15) is 0 Å². The van der Waals surface area contributed by atoms with Crippen molar-refractivity contribution < 1.29 is 17.6 Å². The maximum absolute atomic E-state index is 12.3. The number of fused-ring (bicyclic) bond motifs is 1. The first-order valence-corrected chi connectivity index (χ1v) is 8.77. The molecule has 116 valence electrons. The zero-order chi connectivity index (χ0) is 15.7. The average Bonchev–Trinajstić information content (AvgIpc) is 3.03. The van der Waals surface area contributed by atoms with Gasteiger partial charge in [-0.3, -0.25) is 4.79 Å². The number of carbonyl (C=O) groups is 1. The summed E-state index contributed by atoms with van der Waals surface area (Å²) in [5.41, 5.74) is 1.87. The molecule has 1 aromatic heterocycles. The molecule has 0 fully saturated rings. The van der Waals surface area contributed by atoms with Crippen LogP contribution in [-0.4, -0.2) is 31.6 Å². The van der Waals surface area contributed by atoms with Crippen LogP contribution in [-0.2, 0) is 26.8 Å². The summed E-state index contributed by atoms with van der Waals surface area (Å²) in [5.74, 6) is -0.643. The van der Waals surface area contributed by atoms with E-state index in [1.165, 1.54) is 11.1 Å². The van der Waals surface area contributed by atoms with E-state index in [1.807, 2.05) is 24.3 Å². The van der Waals surface area contributed by atoms with Crippen LogP contribution in [0.1, 0.15) is 17.2 Å². The summed E-state index contributed by atoms with van der Waals surface area (Å²) in [7, 11) is -3.61. The highest BCUT2D eigenvalue weighted by atomic mass is 32.2. The van der Waals surface area contributed by atoms with Crippen LogP contribution in [0.2, 0.25) is 0 Å². The molecule has 3 rings (SSSR count). The molecule has 0 aliphatic carbocycles. The molecule has 0 atom stereocenters. The van der Waals surface area contributed by atoms with Crippen LogP contribution in [0.4, 0.5) is 5.69 Å². The monoisotopic (exact) mass is 320 g/mol. The number of carbonyl (C=O) groups excluding carboxylic acids is 1. The average molecular weight is 320 g/mol. The maximum atomic E-state index is 12.3. The van der Waals surface area contributed by atoms with Crippen LogP contribution < -0.4 is 4.90 Å². The van der Waals surface area contributed by atoms with Gasteiger partial charge in [0.05, 0.1) is 6.20 Å². The zero-order valence-corrected chi connectivity index (χ0v) is 13.0. The Kier molecular flexibility index (Phi) is 3.74. The van der Waals surface area contributed by atoms with Crippen molar-refractivity contribution >= 4 is 21.4 Å². The van der Waals surface area contributed by atoms with E-state index in [4.69, 9.17) is 4.42 Å². The number of aromatic nitrogens is 1. The van der Waals surface area contributed by atoms with Crippen LogP contribution in [0.15, 0.2) is 34.9 Å². The predicted molar refractivity (Wildman–Crippen MR) is 81.2 cm³/mol. The largest absolute Gasteiger partial charge is 0.445 e. The van der Waals surface area contributed by atoms with Gasteiger partial charge in [0.1, 0.15) is 17.3 Å². The van der Waals surface area contributed by atoms with Gasteiger partial charge >= 0.3 is 0 Å².